The number of carbonyl (C=O) groups excluding carboxylic acids is 3. The second-order valence-electron chi connectivity index (χ2n) is 12.1. The first-order valence-corrected chi connectivity index (χ1v) is 17.6. The maximum Gasteiger partial charge on any atom is 0.327 e. The molecule has 4 atom stereocenters. The highest BCUT2D eigenvalue weighted by atomic mass is 32.2. The van der Waals surface area contributed by atoms with Gasteiger partial charge in [-0.2, -0.15) is 4.31 Å². The number of nitrogens with zero attached hydrogens (tertiary/aromatic N) is 2. The lowest BCUT2D eigenvalue weighted by Crippen LogP contribution is -2.71. The number of benzene rings is 2. The highest BCUT2D eigenvalue weighted by Gasteiger charge is 2.64. The Kier molecular flexibility index (Phi) is 10.4. The van der Waals surface area contributed by atoms with E-state index < -0.39 is 80.7 Å². The largest absolute Gasteiger partial charge is 0.508 e. The number of aromatic nitrogens is 1. The van der Waals surface area contributed by atoms with Gasteiger partial charge in [-0.25, -0.2) is 13.2 Å². The summed E-state index contributed by atoms with van der Waals surface area (Å²) in [5, 5.41) is 42.4. The third-order valence-electron chi connectivity index (χ3n) is 8.39. The summed E-state index contributed by atoms with van der Waals surface area (Å²) < 4.78 is 25.9. The van der Waals surface area contributed by atoms with Gasteiger partial charge in [0.15, 0.2) is 0 Å². The molecular weight excluding hydrogens is 695 g/mol. The second-order valence-corrected chi connectivity index (χ2v) is 15.8. The zero-order valence-corrected chi connectivity index (χ0v) is 28.4. The number of carbonyl (C=O) groups is 4. The predicted octanol–water partition coefficient (Wildman–Crippen LogP) is -0.174. The third-order valence-corrected chi connectivity index (χ3v) is 11.9. The van der Waals surface area contributed by atoms with Crippen LogP contribution in [0.1, 0.15) is 35.8 Å². The number of H-pyrrole nitrogens is 1. The van der Waals surface area contributed by atoms with Gasteiger partial charge in [-0.15, -0.1) is 11.8 Å². The molecular formula is C32H35N5O11S2. The van der Waals surface area contributed by atoms with Crippen LogP contribution >= 0.6 is 11.8 Å². The van der Waals surface area contributed by atoms with Crippen molar-refractivity contribution in [2.45, 2.75) is 47.0 Å². The van der Waals surface area contributed by atoms with Crippen LogP contribution in [0, 0.1) is 0 Å². The highest BCUT2D eigenvalue weighted by molar-refractivity contribution is 8.01. The van der Waals surface area contributed by atoms with Crippen LogP contribution in [-0.2, 0) is 24.4 Å². The molecule has 3 heterocycles. The smallest absolute Gasteiger partial charge is 0.327 e. The molecule has 3 aromatic rings. The Bertz CT molecular complexity index is 1960. The average molecular weight is 730 g/mol. The monoisotopic (exact) mass is 729 g/mol. The maximum absolute atomic E-state index is 13.6. The van der Waals surface area contributed by atoms with E-state index in [1.54, 1.807) is 13.8 Å². The molecule has 2 saturated heterocycles. The van der Waals surface area contributed by atoms with Crippen molar-refractivity contribution in [1.82, 2.24) is 24.8 Å². The SMILES string of the molecule is CC1(C)S[C@@H]2[C@H](NC(=O)C(NC(=O)c3ccc(-c4ccc(S(=O)(=O)N(CCO)CCO)cc4)[nH]c3=O)c3ccc(O)cc3)C(=O)N2[C@H]1C(=O)O. The van der Waals surface area contributed by atoms with Crippen LogP contribution in [0.2, 0.25) is 0 Å². The summed E-state index contributed by atoms with van der Waals surface area (Å²) in [4.78, 5) is 68.6. The van der Waals surface area contributed by atoms with Crippen molar-refractivity contribution in [1.29, 1.82) is 0 Å². The molecule has 16 nitrogen and oxygen atoms in total. The van der Waals surface area contributed by atoms with Gasteiger partial charge in [0.1, 0.15) is 34.8 Å². The lowest BCUT2D eigenvalue weighted by Gasteiger charge is -2.44. The van der Waals surface area contributed by atoms with Gasteiger partial charge >= 0.3 is 5.97 Å². The van der Waals surface area contributed by atoms with E-state index in [9.17, 15) is 52.8 Å². The first-order chi connectivity index (χ1) is 23.6. The minimum atomic E-state index is -4.02. The Morgan fingerprint density at radius 1 is 0.980 bits per heavy atom. The molecule has 2 aromatic carbocycles. The molecule has 0 radical (unpaired) electrons. The summed E-state index contributed by atoms with van der Waals surface area (Å²) in [6.45, 7) is 2.09. The number of phenolic OH excluding ortho intramolecular Hbond substituents is 1. The molecule has 5 rings (SSSR count). The average Bonchev–Trinajstić information content (AvgIpc) is 3.33. The molecule has 1 aromatic heterocycles. The quantitative estimate of drug-likeness (QED) is 0.113. The van der Waals surface area contributed by atoms with Crippen LogP contribution in [-0.4, -0.2) is 115 Å². The van der Waals surface area contributed by atoms with Crippen molar-refractivity contribution in [2.75, 3.05) is 26.3 Å². The first kappa shape index (κ1) is 36.5. The molecule has 50 heavy (non-hydrogen) atoms. The number of nitrogens with one attached hydrogen (secondary N) is 3. The number of phenols is 1. The Hall–Kier alpha value is -4.75. The van der Waals surface area contributed by atoms with Gasteiger partial charge in [-0.3, -0.25) is 19.2 Å². The molecule has 2 aliphatic heterocycles. The predicted molar refractivity (Wildman–Crippen MR) is 179 cm³/mol. The van der Waals surface area contributed by atoms with E-state index in [1.807, 2.05) is 0 Å². The number of rotatable bonds is 13. The number of fused-ring (bicyclic) bond motifs is 1. The summed E-state index contributed by atoms with van der Waals surface area (Å²) in [5.41, 5.74) is -0.318. The Morgan fingerprint density at radius 3 is 2.16 bits per heavy atom. The number of aliphatic carboxylic acids is 1. The van der Waals surface area contributed by atoms with Crippen LogP contribution in [0.25, 0.3) is 11.3 Å². The summed E-state index contributed by atoms with van der Waals surface area (Å²) in [5.74, 6) is -3.62. The van der Waals surface area contributed by atoms with Crippen molar-refractivity contribution in [2.24, 2.45) is 0 Å². The van der Waals surface area contributed by atoms with Crippen molar-refractivity contribution in [3.05, 3.63) is 82.1 Å². The lowest BCUT2D eigenvalue weighted by molar-refractivity contribution is -0.161. The van der Waals surface area contributed by atoms with E-state index in [1.165, 1.54) is 77.3 Å². The van der Waals surface area contributed by atoms with Gasteiger partial charge in [0.05, 0.1) is 18.1 Å². The van der Waals surface area contributed by atoms with E-state index in [0.29, 0.717) is 5.56 Å². The van der Waals surface area contributed by atoms with Gasteiger partial charge in [-0.05, 0) is 61.4 Å². The van der Waals surface area contributed by atoms with Gasteiger partial charge < -0.3 is 40.9 Å². The minimum absolute atomic E-state index is 0.103. The highest BCUT2D eigenvalue weighted by Crippen LogP contribution is 2.50. The first-order valence-electron chi connectivity index (χ1n) is 15.3. The van der Waals surface area contributed by atoms with E-state index in [-0.39, 0.29) is 40.6 Å². The molecule has 1 unspecified atom stereocenters. The zero-order chi connectivity index (χ0) is 36.5. The minimum Gasteiger partial charge on any atom is -0.508 e. The number of amides is 3. The number of carboxylic acids is 1. The normalized spacial score (nSPS) is 20.1. The topological polar surface area (TPSA) is 247 Å². The Balaban J connectivity index is 1.34. The van der Waals surface area contributed by atoms with Crippen LogP contribution < -0.4 is 16.2 Å². The molecule has 0 saturated carbocycles. The fraction of sp³-hybridized carbons (Fsp3) is 0.344. The number of β-lactam (4-membered cyclic amide) rings is 1. The van der Waals surface area contributed by atoms with E-state index in [2.05, 4.69) is 15.6 Å². The molecule has 0 aliphatic carbocycles. The Morgan fingerprint density at radius 2 is 1.60 bits per heavy atom. The zero-order valence-electron chi connectivity index (χ0n) is 26.8. The van der Waals surface area contributed by atoms with Crippen LogP contribution in [0.5, 0.6) is 5.75 Å². The number of aromatic amines is 1. The molecule has 266 valence electrons. The number of hydrogen-bond acceptors (Lipinski definition) is 11. The fourth-order valence-corrected chi connectivity index (χ4v) is 8.96. The van der Waals surface area contributed by atoms with Crippen molar-refractivity contribution in [3.8, 4) is 17.0 Å². The molecule has 7 N–H and O–H groups in total. The van der Waals surface area contributed by atoms with Crippen molar-refractivity contribution >= 4 is 45.5 Å². The number of hydrogen-bond donors (Lipinski definition) is 7. The summed E-state index contributed by atoms with van der Waals surface area (Å²) >= 11 is 1.23. The molecule has 3 amide bonds. The van der Waals surface area contributed by atoms with Gasteiger partial charge in [0, 0.05) is 23.5 Å². The Labute approximate surface area is 290 Å². The number of aromatic hydroxyl groups is 1. The molecule has 18 heteroatoms. The number of carboxylic acid groups (broad SMARTS) is 1. The van der Waals surface area contributed by atoms with Gasteiger partial charge in [-0.1, -0.05) is 24.3 Å². The molecule has 2 fully saturated rings. The summed E-state index contributed by atoms with van der Waals surface area (Å²) in [6, 6.07) is 9.86. The van der Waals surface area contributed by atoms with Crippen molar-refractivity contribution < 1.29 is 48.0 Å². The second kappa shape index (κ2) is 14.2. The van der Waals surface area contributed by atoms with Crippen molar-refractivity contribution in [3.63, 3.8) is 0 Å². The molecule has 0 spiro atoms. The van der Waals surface area contributed by atoms with E-state index in [0.717, 1.165) is 4.31 Å². The van der Waals surface area contributed by atoms with E-state index in [4.69, 9.17) is 0 Å². The number of thioether (sulfide) groups is 1. The number of aliphatic hydroxyl groups excluding tert-OH is 2. The number of sulfonamides is 1. The standard InChI is InChI=1S/C32H35N5O11S2/c1-32(2)25(31(45)46)37-29(44)24(30(37)49-32)35-28(43)23(18-3-7-19(40)8-4-18)34-27(42)21-11-12-22(33-26(21)41)17-5-9-20(10-6-17)50(47,48)36(13-15-38)14-16-39/h3-12,23-25,30,38-40H,13-16H2,1-2H3,(H,33,41)(H,34,42)(H,35,43)(H,45,46)/t23?,24-,25+,30-/m1/s1. The third kappa shape index (κ3) is 6.97. The molecule has 2 aliphatic rings. The van der Waals surface area contributed by atoms with Gasteiger partial charge in [0.25, 0.3) is 11.5 Å². The molecule has 0 bridgehead atoms. The fourth-order valence-electron chi connectivity index (χ4n) is 5.91. The maximum atomic E-state index is 13.6. The van der Waals surface area contributed by atoms with Crippen LogP contribution in [0.4, 0.5) is 0 Å². The summed E-state index contributed by atoms with van der Waals surface area (Å²) in [7, 11) is -4.02. The van der Waals surface area contributed by atoms with Crippen LogP contribution in [0.15, 0.2) is 70.4 Å². The van der Waals surface area contributed by atoms with Crippen LogP contribution in [0.3, 0.4) is 0 Å². The number of pyridine rings is 1. The summed E-state index contributed by atoms with van der Waals surface area (Å²) in [6.07, 6.45) is 0. The number of aliphatic hydroxyl groups is 2. The van der Waals surface area contributed by atoms with Gasteiger partial charge in [0.2, 0.25) is 21.8 Å². The lowest BCUT2D eigenvalue weighted by atomic mass is 9.95. The van der Waals surface area contributed by atoms with E-state index >= 15 is 0 Å².